The second-order valence-electron chi connectivity index (χ2n) is 6.80. The monoisotopic (exact) mass is 367 g/mol. The Morgan fingerprint density at radius 1 is 1.09 bits per heavy atom. The predicted molar refractivity (Wildman–Crippen MR) is 90.8 cm³/mol. The topological polar surface area (TPSA) is 38.1 Å². The molecule has 0 saturated heterocycles. The van der Waals surface area contributed by atoms with Crippen molar-refractivity contribution >= 4 is 21.8 Å². The van der Waals surface area contributed by atoms with Crippen molar-refractivity contribution < 1.29 is 4.79 Å². The molecular formula is C17H26BrN3O. The van der Waals surface area contributed by atoms with Gasteiger partial charge in [-0.2, -0.15) is 5.10 Å². The third-order valence-corrected chi connectivity index (χ3v) is 5.74. The van der Waals surface area contributed by atoms with Crippen LogP contribution in [-0.4, -0.2) is 32.7 Å². The number of aryl methyl sites for hydroxylation is 1. The van der Waals surface area contributed by atoms with Crippen LogP contribution in [-0.2, 0) is 7.05 Å². The molecule has 0 bridgehead atoms. The maximum absolute atomic E-state index is 13.2. The van der Waals surface area contributed by atoms with E-state index < -0.39 is 0 Å². The first-order valence-corrected chi connectivity index (χ1v) is 9.48. The van der Waals surface area contributed by atoms with Crippen molar-refractivity contribution in [3.8, 4) is 0 Å². The summed E-state index contributed by atoms with van der Waals surface area (Å²) in [5.74, 6) is 0.131. The fourth-order valence-electron chi connectivity index (χ4n) is 4.07. The average Bonchev–Trinajstić information content (AvgIpc) is 2.88. The van der Waals surface area contributed by atoms with Crippen LogP contribution in [0.1, 0.15) is 74.7 Å². The number of hydrogen-bond acceptors (Lipinski definition) is 2. The van der Waals surface area contributed by atoms with Crippen LogP contribution in [0.25, 0.3) is 0 Å². The van der Waals surface area contributed by atoms with Gasteiger partial charge < -0.3 is 4.90 Å². The second-order valence-corrected chi connectivity index (χ2v) is 7.65. The molecule has 1 aromatic rings. The minimum Gasteiger partial charge on any atom is -0.331 e. The molecule has 0 unspecified atom stereocenters. The van der Waals surface area contributed by atoms with Crippen LogP contribution in [0.5, 0.6) is 0 Å². The Labute approximate surface area is 141 Å². The standard InChI is InChI=1S/C17H26BrN3O/c1-20-12-15(18)16(19-20)17(22)21(13-8-4-2-5-9-13)14-10-6-3-7-11-14/h12-14H,2-11H2,1H3. The molecule has 1 aromatic heterocycles. The third kappa shape index (κ3) is 3.39. The van der Waals surface area contributed by atoms with Crippen LogP contribution < -0.4 is 0 Å². The molecule has 5 heteroatoms. The summed E-state index contributed by atoms with van der Waals surface area (Å²) >= 11 is 3.50. The Morgan fingerprint density at radius 3 is 2.00 bits per heavy atom. The van der Waals surface area contributed by atoms with Gasteiger partial charge in [-0.3, -0.25) is 9.48 Å². The predicted octanol–water partition coefficient (Wildman–Crippen LogP) is 4.29. The number of amides is 1. The van der Waals surface area contributed by atoms with Gasteiger partial charge in [-0.25, -0.2) is 0 Å². The maximum Gasteiger partial charge on any atom is 0.276 e. The number of carbonyl (C=O) groups excluding carboxylic acids is 1. The quantitative estimate of drug-likeness (QED) is 0.798. The number of carbonyl (C=O) groups is 1. The number of rotatable bonds is 3. The Bertz CT molecular complexity index is 498. The molecular weight excluding hydrogens is 342 g/mol. The fourth-order valence-corrected chi connectivity index (χ4v) is 4.62. The van der Waals surface area contributed by atoms with E-state index in [1.54, 1.807) is 4.68 Å². The first-order chi connectivity index (χ1) is 10.7. The summed E-state index contributed by atoms with van der Waals surface area (Å²) in [5.41, 5.74) is 0.582. The molecule has 22 heavy (non-hydrogen) atoms. The summed E-state index contributed by atoms with van der Waals surface area (Å²) < 4.78 is 2.54. The SMILES string of the molecule is Cn1cc(Br)c(C(=O)N(C2CCCCC2)C2CCCCC2)n1. The van der Waals surface area contributed by atoms with E-state index in [0.29, 0.717) is 17.8 Å². The first-order valence-electron chi connectivity index (χ1n) is 8.68. The smallest absolute Gasteiger partial charge is 0.276 e. The van der Waals surface area contributed by atoms with E-state index in [1.165, 1.54) is 38.5 Å². The lowest BCUT2D eigenvalue weighted by Gasteiger charge is -2.41. The van der Waals surface area contributed by atoms with Crippen LogP contribution in [0.15, 0.2) is 10.7 Å². The maximum atomic E-state index is 13.2. The molecule has 0 radical (unpaired) electrons. The lowest BCUT2D eigenvalue weighted by atomic mass is 9.88. The summed E-state index contributed by atoms with van der Waals surface area (Å²) in [4.78, 5) is 15.4. The third-order valence-electron chi connectivity index (χ3n) is 5.16. The van der Waals surface area contributed by atoms with E-state index in [1.807, 2.05) is 13.2 Å². The van der Waals surface area contributed by atoms with Gasteiger partial charge in [-0.05, 0) is 41.6 Å². The second kappa shape index (κ2) is 7.16. The minimum absolute atomic E-state index is 0.131. The van der Waals surface area contributed by atoms with Gasteiger partial charge in [-0.1, -0.05) is 38.5 Å². The van der Waals surface area contributed by atoms with Gasteiger partial charge in [-0.15, -0.1) is 0 Å². The molecule has 0 aliphatic heterocycles. The lowest BCUT2D eigenvalue weighted by molar-refractivity contribution is 0.0441. The number of nitrogens with zero attached hydrogens (tertiary/aromatic N) is 3. The van der Waals surface area contributed by atoms with E-state index >= 15 is 0 Å². The Kier molecular flexibility index (Phi) is 5.21. The molecule has 1 heterocycles. The molecule has 2 fully saturated rings. The molecule has 2 saturated carbocycles. The van der Waals surface area contributed by atoms with Crippen molar-refractivity contribution in [2.75, 3.05) is 0 Å². The van der Waals surface area contributed by atoms with E-state index in [4.69, 9.17) is 0 Å². The van der Waals surface area contributed by atoms with Crippen molar-refractivity contribution in [1.82, 2.24) is 14.7 Å². The molecule has 0 N–H and O–H groups in total. The fraction of sp³-hybridized carbons (Fsp3) is 0.765. The zero-order valence-electron chi connectivity index (χ0n) is 13.4. The van der Waals surface area contributed by atoms with Gasteiger partial charge in [0.1, 0.15) is 0 Å². The first kappa shape index (κ1) is 16.0. The molecule has 2 aliphatic rings. The van der Waals surface area contributed by atoms with E-state index in [-0.39, 0.29) is 5.91 Å². The number of hydrogen-bond donors (Lipinski definition) is 0. The summed E-state index contributed by atoms with van der Waals surface area (Å²) in [7, 11) is 1.87. The highest BCUT2D eigenvalue weighted by Crippen LogP contribution is 2.32. The molecule has 4 nitrogen and oxygen atoms in total. The van der Waals surface area contributed by atoms with Gasteiger partial charge in [0, 0.05) is 25.3 Å². The van der Waals surface area contributed by atoms with Crippen molar-refractivity contribution in [2.45, 2.75) is 76.3 Å². The van der Waals surface area contributed by atoms with Crippen LogP contribution in [0.4, 0.5) is 0 Å². The lowest BCUT2D eigenvalue weighted by Crippen LogP contribution is -2.49. The van der Waals surface area contributed by atoms with E-state index in [0.717, 1.165) is 30.2 Å². The van der Waals surface area contributed by atoms with Gasteiger partial charge in [0.15, 0.2) is 5.69 Å². The van der Waals surface area contributed by atoms with E-state index in [9.17, 15) is 4.79 Å². The number of aromatic nitrogens is 2. The highest BCUT2D eigenvalue weighted by Gasteiger charge is 2.34. The zero-order valence-corrected chi connectivity index (χ0v) is 15.0. The van der Waals surface area contributed by atoms with Crippen LogP contribution in [0, 0.1) is 0 Å². The highest BCUT2D eigenvalue weighted by molar-refractivity contribution is 9.10. The van der Waals surface area contributed by atoms with Crippen molar-refractivity contribution in [1.29, 1.82) is 0 Å². The highest BCUT2D eigenvalue weighted by atomic mass is 79.9. The number of halogens is 1. The van der Waals surface area contributed by atoms with Crippen molar-refractivity contribution in [3.05, 3.63) is 16.4 Å². The van der Waals surface area contributed by atoms with Gasteiger partial charge >= 0.3 is 0 Å². The summed E-state index contributed by atoms with van der Waals surface area (Å²) in [5, 5.41) is 4.40. The van der Waals surface area contributed by atoms with E-state index in [2.05, 4.69) is 25.9 Å². The van der Waals surface area contributed by atoms with Crippen LogP contribution in [0.2, 0.25) is 0 Å². The van der Waals surface area contributed by atoms with Gasteiger partial charge in [0.05, 0.1) is 4.47 Å². The molecule has 3 rings (SSSR count). The Hall–Kier alpha value is -0.840. The van der Waals surface area contributed by atoms with Crippen LogP contribution in [0.3, 0.4) is 0 Å². The largest absolute Gasteiger partial charge is 0.331 e. The van der Waals surface area contributed by atoms with Gasteiger partial charge in [0.25, 0.3) is 5.91 Å². The van der Waals surface area contributed by atoms with Crippen molar-refractivity contribution in [3.63, 3.8) is 0 Å². The summed E-state index contributed by atoms with van der Waals surface area (Å²) in [6, 6.07) is 0.830. The normalized spacial score (nSPS) is 21.0. The Morgan fingerprint density at radius 2 is 1.59 bits per heavy atom. The summed E-state index contributed by atoms with van der Waals surface area (Å²) in [6.45, 7) is 0. The molecule has 2 aliphatic carbocycles. The molecule has 0 atom stereocenters. The molecule has 0 aromatic carbocycles. The zero-order chi connectivity index (χ0) is 15.5. The molecule has 0 spiro atoms. The van der Waals surface area contributed by atoms with Crippen LogP contribution >= 0.6 is 15.9 Å². The average molecular weight is 368 g/mol. The van der Waals surface area contributed by atoms with Crippen molar-refractivity contribution in [2.24, 2.45) is 7.05 Å². The molecule has 122 valence electrons. The Balaban J connectivity index is 1.86. The molecule has 1 amide bonds. The minimum atomic E-state index is 0.131. The summed E-state index contributed by atoms with van der Waals surface area (Å²) in [6.07, 6.45) is 14.2. The van der Waals surface area contributed by atoms with Gasteiger partial charge in [0.2, 0.25) is 0 Å².